The maximum Gasteiger partial charge on any atom is 0.258 e. The first-order valence-electron chi connectivity index (χ1n) is 9.12. The SMILES string of the molecule is CC(C)[Si](Oc1ccc(Br)c2c1[C@@](C)(C#N)[C@@H](C)O2)(C(C)C)C(C)C. The van der Waals surface area contributed by atoms with E-state index in [0.717, 1.165) is 21.5 Å². The van der Waals surface area contributed by atoms with Crippen molar-refractivity contribution in [1.29, 1.82) is 5.26 Å². The Bertz CT molecular complexity index is 674. The number of nitrogens with zero attached hydrogens (tertiary/aromatic N) is 1. The lowest BCUT2D eigenvalue weighted by Crippen LogP contribution is -2.51. The second-order valence-corrected chi connectivity index (χ2v) is 14.5. The molecule has 25 heavy (non-hydrogen) atoms. The molecule has 2 atom stereocenters. The Morgan fingerprint density at radius 1 is 1.16 bits per heavy atom. The quantitative estimate of drug-likeness (QED) is 0.502. The molecule has 0 amide bonds. The Labute approximate surface area is 162 Å². The Hall–Kier alpha value is -0.993. The third-order valence-corrected chi connectivity index (χ3v) is 12.5. The fourth-order valence-corrected chi connectivity index (χ4v) is 10.1. The molecule has 0 aromatic heterocycles. The van der Waals surface area contributed by atoms with Gasteiger partial charge in [-0.1, -0.05) is 41.5 Å². The van der Waals surface area contributed by atoms with Crippen molar-refractivity contribution in [2.75, 3.05) is 0 Å². The fraction of sp³-hybridized carbons (Fsp3) is 0.650. The van der Waals surface area contributed by atoms with E-state index in [1.807, 2.05) is 26.0 Å². The van der Waals surface area contributed by atoms with E-state index in [1.165, 1.54) is 0 Å². The van der Waals surface area contributed by atoms with Gasteiger partial charge in [-0.3, -0.25) is 0 Å². The molecule has 0 saturated carbocycles. The maximum absolute atomic E-state index is 9.89. The summed E-state index contributed by atoms with van der Waals surface area (Å²) < 4.78 is 13.8. The highest BCUT2D eigenvalue weighted by atomic mass is 79.9. The first-order valence-corrected chi connectivity index (χ1v) is 12.1. The predicted molar refractivity (Wildman–Crippen MR) is 109 cm³/mol. The van der Waals surface area contributed by atoms with Gasteiger partial charge in [-0.15, -0.1) is 0 Å². The fourth-order valence-electron chi connectivity index (χ4n) is 4.42. The Morgan fingerprint density at radius 3 is 2.12 bits per heavy atom. The largest absolute Gasteiger partial charge is 0.542 e. The van der Waals surface area contributed by atoms with Gasteiger partial charge in [0.1, 0.15) is 23.0 Å². The number of benzene rings is 1. The average Bonchev–Trinajstić information content (AvgIpc) is 2.79. The number of rotatable bonds is 5. The van der Waals surface area contributed by atoms with Crippen molar-refractivity contribution >= 4 is 24.2 Å². The Kier molecular flexibility index (Phi) is 5.66. The van der Waals surface area contributed by atoms with E-state index in [0.29, 0.717) is 16.6 Å². The van der Waals surface area contributed by atoms with E-state index >= 15 is 0 Å². The van der Waals surface area contributed by atoms with Crippen molar-refractivity contribution in [3.05, 3.63) is 22.2 Å². The van der Waals surface area contributed by atoms with Crippen molar-refractivity contribution in [1.82, 2.24) is 0 Å². The van der Waals surface area contributed by atoms with Gasteiger partial charge in [0.2, 0.25) is 0 Å². The van der Waals surface area contributed by atoms with Gasteiger partial charge < -0.3 is 9.16 Å². The van der Waals surface area contributed by atoms with E-state index in [1.54, 1.807) is 0 Å². The molecule has 0 spiro atoms. The highest BCUT2D eigenvalue weighted by Gasteiger charge is 2.51. The van der Waals surface area contributed by atoms with Gasteiger partial charge in [0.05, 0.1) is 16.1 Å². The van der Waals surface area contributed by atoms with E-state index < -0.39 is 13.7 Å². The molecule has 5 heteroatoms. The van der Waals surface area contributed by atoms with Gasteiger partial charge in [-0.2, -0.15) is 5.26 Å². The highest BCUT2D eigenvalue weighted by Crippen LogP contribution is 2.53. The molecule has 138 valence electrons. The lowest BCUT2D eigenvalue weighted by atomic mass is 9.81. The molecule has 1 heterocycles. The zero-order valence-corrected chi connectivity index (χ0v) is 19.2. The van der Waals surface area contributed by atoms with Crippen LogP contribution in [-0.4, -0.2) is 14.4 Å². The zero-order chi connectivity index (χ0) is 19.2. The van der Waals surface area contributed by atoms with Crippen molar-refractivity contribution in [2.24, 2.45) is 0 Å². The van der Waals surface area contributed by atoms with Crippen LogP contribution >= 0.6 is 15.9 Å². The Balaban J connectivity index is 2.67. The van der Waals surface area contributed by atoms with Crippen LogP contribution in [0.2, 0.25) is 16.6 Å². The highest BCUT2D eigenvalue weighted by molar-refractivity contribution is 9.10. The van der Waals surface area contributed by atoms with Crippen molar-refractivity contribution in [3.8, 4) is 17.6 Å². The van der Waals surface area contributed by atoms with E-state index in [2.05, 4.69) is 63.5 Å². The van der Waals surface area contributed by atoms with Crippen molar-refractivity contribution in [2.45, 2.75) is 83.5 Å². The topological polar surface area (TPSA) is 42.2 Å². The summed E-state index contributed by atoms with van der Waals surface area (Å²) in [5.41, 5.74) is 1.61. The summed E-state index contributed by atoms with van der Waals surface area (Å²) >= 11 is 3.58. The zero-order valence-electron chi connectivity index (χ0n) is 16.6. The second kappa shape index (κ2) is 6.96. The summed E-state index contributed by atoms with van der Waals surface area (Å²) in [6.45, 7) is 17.5. The Morgan fingerprint density at radius 2 is 1.68 bits per heavy atom. The summed E-state index contributed by atoms with van der Waals surface area (Å²) in [5.74, 6) is 1.59. The number of hydrogen-bond donors (Lipinski definition) is 0. The van der Waals surface area contributed by atoms with Gasteiger partial charge in [0.25, 0.3) is 8.32 Å². The summed E-state index contributed by atoms with van der Waals surface area (Å²) in [4.78, 5) is 0. The summed E-state index contributed by atoms with van der Waals surface area (Å²) in [6, 6.07) is 6.46. The first-order chi connectivity index (χ1) is 11.5. The van der Waals surface area contributed by atoms with Gasteiger partial charge in [-0.25, -0.2) is 0 Å². The molecule has 3 nitrogen and oxygen atoms in total. The number of halogens is 1. The molecule has 1 aliphatic rings. The minimum atomic E-state index is -2.11. The summed E-state index contributed by atoms with van der Waals surface area (Å²) in [7, 11) is -2.11. The molecule has 1 aromatic rings. The minimum absolute atomic E-state index is 0.207. The van der Waals surface area contributed by atoms with E-state index in [-0.39, 0.29) is 6.10 Å². The number of nitriles is 1. The standard InChI is InChI=1S/C20H30BrNO2Si/c1-12(2)25(13(3)4,14(5)6)24-17-10-9-16(21)19-18(17)20(8,11-22)15(7)23-19/h9-10,12-15H,1-8H3/t15-,20+/m1/s1. The molecule has 0 unspecified atom stereocenters. The number of fused-ring (bicyclic) bond motifs is 1. The van der Waals surface area contributed by atoms with E-state index in [9.17, 15) is 5.26 Å². The molecule has 0 aliphatic carbocycles. The van der Waals surface area contributed by atoms with Crippen molar-refractivity contribution < 1.29 is 9.16 Å². The summed E-state index contributed by atoms with van der Waals surface area (Å²) in [6.07, 6.45) is -0.207. The molecule has 0 fully saturated rings. The third-order valence-electron chi connectivity index (χ3n) is 5.92. The number of ether oxygens (including phenoxy) is 1. The van der Waals surface area contributed by atoms with Gasteiger partial charge in [0.15, 0.2) is 0 Å². The molecule has 0 saturated heterocycles. The molecule has 2 rings (SSSR count). The van der Waals surface area contributed by atoms with Crippen LogP contribution in [0.1, 0.15) is 61.0 Å². The molecule has 0 radical (unpaired) electrons. The molecule has 1 aliphatic heterocycles. The molecular weight excluding hydrogens is 394 g/mol. The smallest absolute Gasteiger partial charge is 0.258 e. The average molecular weight is 424 g/mol. The van der Waals surface area contributed by atoms with Gasteiger partial charge in [0, 0.05) is 0 Å². The monoisotopic (exact) mass is 423 g/mol. The van der Waals surface area contributed by atoms with Crippen LogP contribution in [0.5, 0.6) is 11.5 Å². The molecule has 0 bridgehead atoms. The molecule has 0 N–H and O–H groups in total. The van der Waals surface area contributed by atoms with Gasteiger partial charge in [-0.05, 0) is 58.5 Å². The maximum atomic E-state index is 9.89. The minimum Gasteiger partial charge on any atom is -0.542 e. The second-order valence-electron chi connectivity index (χ2n) is 8.24. The molecule has 1 aromatic carbocycles. The van der Waals surface area contributed by atoms with Crippen LogP contribution < -0.4 is 9.16 Å². The van der Waals surface area contributed by atoms with Crippen LogP contribution in [0.25, 0.3) is 0 Å². The molecular formula is C20H30BrNO2Si. The third kappa shape index (κ3) is 3.02. The van der Waals surface area contributed by atoms with Crippen LogP contribution in [0.3, 0.4) is 0 Å². The van der Waals surface area contributed by atoms with Crippen LogP contribution in [0.4, 0.5) is 0 Å². The van der Waals surface area contributed by atoms with Crippen LogP contribution in [0.15, 0.2) is 16.6 Å². The normalized spacial score (nSPS) is 22.9. The number of hydrogen-bond acceptors (Lipinski definition) is 3. The van der Waals surface area contributed by atoms with Crippen molar-refractivity contribution in [3.63, 3.8) is 0 Å². The lowest BCUT2D eigenvalue weighted by molar-refractivity contribution is 0.203. The van der Waals surface area contributed by atoms with E-state index in [4.69, 9.17) is 9.16 Å². The van der Waals surface area contributed by atoms with Crippen LogP contribution in [-0.2, 0) is 5.41 Å². The predicted octanol–water partition coefficient (Wildman–Crippen LogP) is 6.57. The van der Waals surface area contributed by atoms with Gasteiger partial charge >= 0.3 is 0 Å². The lowest BCUT2D eigenvalue weighted by Gasteiger charge is -2.43. The summed E-state index contributed by atoms with van der Waals surface area (Å²) in [5, 5.41) is 9.89. The van der Waals surface area contributed by atoms with Crippen LogP contribution in [0, 0.1) is 11.3 Å². The first kappa shape index (κ1) is 20.3.